The number of nitrogens with zero attached hydrogens (tertiary/aromatic N) is 2. The summed E-state index contributed by atoms with van der Waals surface area (Å²) in [5, 5.41) is 4.02. The lowest BCUT2D eigenvalue weighted by atomic mass is 10.1. The predicted octanol–water partition coefficient (Wildman–Crippen LogP) is 3.67. The highest BCUT2D eigenvalue weighted by molar-refractivity contribution is 7.99. The number of carbonyl (C=O) groups excluding carboxylic acids is 2. The number of nitrogens with one attached hydrogen (secondary N) is 2. The molecule has 0 bridgehead atoms. The number of sulfonamides is 1. The first-order valence-electron chi connectivity index (χ1n) is 8.88. The molecule has 0 spiro atoms. The minimum atomic E-state index is -3.89. The van der Waals surface area contributed by atoms with Crippen LogP contribution in [0.25, 0.3) is 0 Å². The van der Waals surface area contributed by atoms with Gasteiger partial charge in [0.15, 0.2) is 10.9 Å². The van der Waals surface area contributed by atoms with Crippen molar-refractivity contribution in [3.63, 3.8) is 0 Å². The summed E-state index contributed by atoms with van der Waals surface area (Å²) < 4.78 is 25.9. The summed E-state index contributed by atoms with van der Waals surface area (Å²) in [7, 11) is -3.89. The van der Waals surface area contributed by atoms with Gasteiger partial charge < -0.3 is 5.32 Å². The van der Waals surface area contributed by atoms with E-state index in [1.807, 2.05) is 4.72 Å². The summed E-state index contributed by atoms with van der Waals surface area (Å²) in [5.74, 6) is -0.0860. The predicted molar refractivity (Wildman–Crippen MR) is 119 cm³/mol. The molecular weight excluding hydrogens is 460 g/mol. The molecule has 11 heteroatoms. The molecule has 2 N–H and O–H groups in total. The third kappa shape index (κ3) is 6.51. The fraction of sp³-hybridized carbons (Fsp3) is 0.100. The molecule has 2 aromatic carbocycles. The van der Waals surface area contributed by atoms with Gasteiger partial charge in [0.1, 0.15) is 5.82 Å². The van der Waals surface area contributed by atoms with Crippen molar-refractivity contribution >= 4 is 56.6 Å². The molecule has 0 unspecified atom stereocenters. The van der Waals surface area contributed by atoms with Crippen LogP contribution in [-0.2, 0) is 14.8 Å². The summed E-state index contributed by atoms with van der Waals surface area (Å²) in [6.45, 7) is 1.13. The maximum absolute atomic E-state index is 12.3. The summed E-state index contributed by atoms with van der Waals surface area (Å²) in [4.78, 5) is 31.8. The Labute approximate surface area is 188 Å². The van der Waals surface area contributed by atoms with Gasteiger partial charge in [0, 0.05) is 29.4 Å². The molecule has 0 aliphatic heterocycles. The third-order valence-corrected chi connectivity index (χ3v) is 6.41. The Morgan fingerprint density at radius 2 is 1.71 bits per heavy atom. The second kappa shape index (κ2) is 9.90. The molecule has 0 aliphatic carbocycles. The zero-order chi connectivity index (χ0) is 22.4. The van der Waals surface area contributed by atoms with Crippen molar-refractivity contribution in [2.24, 2.45) is 0 Å². The van der Waals surface area contributed by atoms with E-state index >= 15 is 0 Å². The number of halogens is 1. The molecule has 3 rings (SSSR count). The van der Waals surface area contributed by atoms with E-state index in [0.29, 0.717) is 27.2 Å². The zero-order valence-electron chi connectivity index (χ0n) is 16.2. The first-order chi connectivity index (χ1) is 14.7. The van der Waals surface area contributed by atoms with Crippen LogP contribution in [0.2, 0.25) is 5.02 Å². The van der Waals surface area contributed by atoms with E-state index in [-0.39, 0.29) is 16.4 Å². The number of carbonyl (C=O) groups is 2. The van der Waals surface area contributed by atoms with Gasteiger partial charge in [-0.05, 0) is 54.6 Å². The lowest BCUT2D eigenvalue weighted by molar-refractivity contribution is -0.117. The first-order valence-corrected chi connectivity index (χ1v) is 11.7. The highest BCUT2D eigenvalue weighted by Crippen LogP contribution is 2.21. The molecule has 160 valence electrons. The molecule has 0 saturated carbocycles. The molecule has 1 aromatic heterocycles. The molecule has 1 heterocycles. The van der Waals surface area contributed by atoms with Crippen LogP contribution in [0.3, 0.4) is 0 Å². The van der Waals surface area contributed by atoms with E-state index in [4.69, 9.17) is 11.6 Å². The second-order valence-corrected chi connectivity index (χ2v) is 9.32. The first kappa shape index (κ1) is 22.7. The van der Waals surface area contributed by atoms with Crippen LogP contribution in [0.15, 0.2) is 70.8 Å². The highest BCUT2D eigenvalue weighted by atomic mass is 35.5. The monoisotopic (exact) mass is 476 g/mol. The van der Waals surface area contributed by atoms with E-state index in [2.05, 4.69) is 15.3 Å². The lowest BCUT2D eigenvalue weighted by Crippen LogP contribution is -2.28. The van der Waals surface area contributed by atoms with Crippen molar-refractivity contribution in [3.05, 3.63) is 71.4 Å². The maximum atomic E-state index is 12.3. The molecule has 8 nitrogen and oxygen atoms in total. The molecule has 1 amide bonds. The van der Waals surface area contributed by atoms with Crippen LogP contribution in [0.1, 0.15) is 17.3 Å². The number of thioether (sulfide) groups is 1. The number of hydrogen-bond acceptors (Lipinski definition) is 8. The normalized spacial score (nSPS) is 11.0. The summed E-state index contributed by atoms with van der Waals surface area (Å²) >= 11 is 7.03. The Bertz CT molecular complexity index is 1200. The van der Waals surface area contributed by atoms with Gasteiger partial charge in [-0.2, -0.15) is 0 Å². The highest BCUT2D eigenvalue weighted by Gasteiger charge is 2.15. The molecule has 0 saturated heterocycles. The average molecular weight is 477 g/mol. The topological polar surface area (TPSA) is 118 Å². The SMILES string of the molecule is CC(=O)NS(=O)(=O)c1ccc(Nc2ccnc(SCC(=O)c3ccc(Cl)cc3)n2)cc1. The number of Topliss-reactive ketones (excluding diaryl/α,β-unsaturated/α-hetero) is 1. The van der Waals surface area contributed by atoms with Crippen molar-refractivity contribution < 1.29 is 18.0 Å². The average Bonchev–Trinajstić information content (AvgIpc) is 2.72. The van der Waals surface area contributed by atoms with Gasteiger partial charge in [-0.15, -0.1) is 0 Å². The Hall–Kier alpha value is -2.95. The molecule has 0 aliphatic rings. The quantitative estimate of drug-likeness (QED) is 0.287. The Morgan fingerprint density at radius 1 is 1.03 bits per heavy atom. The van der Waals surface area contributed by atoms with Gasteiger partial charge >= 0.3 is 0 Å². The minimum Gasteiger partial charge on any atom is -0.340 e. The van der Waals surface area contributed by atoms with Crippen LogP contribution in [0, 0.1) is 0 Å². The molecule has 0 fully saturated rings. The van der Waals surface area contributed by atoms with E-state index in [1.54, 1.807) is 48.7 Å². The van der Waals surface area contributed by atoms with Gasteiger partial charge in [-0.25, -0.2) is 23.1 Å². The standard InChI is InChI=1S/C20H17ClN4O4S2/c1-13(26)25-31(28,29)17-8-6-16(7-9-17)23-19-10-11-22-20(24-19)30-12-18(27)14-2-4-15(21)5-3-14/h2-11H,12H2,1H3,(H,25,26)(H,22,23,24). The van der Waals surface area contributed by atoms with Crippen molar-refractivity contribution in [2.75, 3.05) is 11.1 Å². The number of anilines is 2. The minimum absolute atomic E-state index is 0.0344. The largest absolute Gasteiger partial charge is 0.340 e. The Balaban J connectivity index is 1.63. The van der Waals surface area contributed by atoms with Gasteiger partial charge in [0.2, 0.25) is 5.91 Å². The smallest absolute Gasteiger partial charge is 0.264 e. The number of aromatic nitrogens is 2. The van der Waals surface area contributed by atoms with Crippen LogP contribution in [-0.4, -0.2) is 35.8 Å². The van der Waals surface area contributed by atoms with Crippen LogP contribution in [0.5, 0.6) is 0 Å². The van der Waals surface area contributed by atoms with Crippen molar-refractivity contribution in [1.82, 2.24) is 14.7 Å². The Kier molecular flexibility index (Phi) is 7.26. The summed E-state index contributed by atoms with van der Waals surface area (Å²) in [6, 6.07) is 14.1. The fourth-order valence-electron chi connectivity index (χ4n) is 2.44. The molecule has 0 atom stereocenters. The molecule has 31 heavy (non-hydrogen) atoms. The van der Waals surface area contributed by atoms with Crippen LogP contribution >= 0.6 is 23.4 Å². The van der Waals surface area contributed by atoms with E-state index in [0.717, 1.165) is 6.92 Å². The van der Waals surface area contributed by atoms with E-state index in [1.165, 1.54) is 23.9 Å². The lowest BCUT2D eigenvalue weighted by Gasteiger charge is -2.08. The van der Waals surface area contributed by atoms with Gasteiger partial charge in [-0.3, -0.25) is 9.59 Å². The van der Waals surface area contributed by atoms with Gasteiger partial charge in [0.05, 0.1) is 10.6 Å². The number of rotatable bonds is 8. The van der Waals surface area contributed by atoms with E-state index < -0.39 is 15.9 Å². The zero-order valence-corrected chi connectivity index (χ0v) is 18.6. The van der Waals surface area contributed by atoms with Gasteiger partial charge in [0.25, 0.3) is 10.0 Å². The van der Waals surface area contributed by atoms with Gasteiger partial charge in [-0.1, -0.05) is 23.4 Å². The molecule has 0 radical (unpaired) electrons. The van der Waals surface area contributed by atoms with Crippen LogP contribution < -0.4 is 10.0 Å². The molecule has 3 aromatic rings. The van der Waals surface area contributed by atoms with Crippen molar-refractivity contribution in [1.29, 1.82) is 0 Å². The van der Waals surface area contributed by atoms with Crippen molar-refractivity contribution in [2.45, 2.75) is 17.0 Å². The summed E-state index contributed by atoms with van der Waals surface area (Å²) in [5.41, 5.74) is 1.15. The third-order valence-electron chi connectivity index (χ3n) is 3.85. The summed E-state index contributed by atoms with van der Waals surface area (Å²) in [6.07, 6.45) is 1.56. The number of ketones is 1. The number of amides is 1. The van der Waals surface area contributed by atoms with Crippen LogP contribution in [0.4, 0.5) is 11.5 Å². The maximum Gasteiger partial charge on any atom is 0.264 e. The Morgan fingerprint density at radius 3 is 2.35 bits per heavy atom. The van der Waals surface area contributed by atoms with Crippen molar-refractivity contribution in [3.8, 4) is 0 Å². The second-order valence-electron chi connectivity index (χ2n) is 6.25. The number of hydrogen-bond donors (Lipinski definition) is 2. The van der Waals surface area contributed by atoms with E-state index in [9.17, 15) is 18.0 Å². The number of benzene rings is 2. The molecular formula is C20H17ClN4O4S2. The fourth-order valence-corrected chi connectivity index (χ4v) is 4.28.